The van der Waals surface area contributed by atoms with Gasteiger partial charge in [0, 0.05) is 22.8 Å². The summed E-state index contributed by atoms with van der Waals surface area (Å²) < 4.78 is 0. The molecule has 2 rings (SSSR count). The first-order chi connectivity index (χ1) is 10.0. The molecule has 1 aromatic heterocycles. The van der Waals surface area contributed by atoms with Crippen LogP contribution in [0, 0.1) is 6.92 Å². The van der Waals surface area contributed by atoms with E-state index in [-0.39, 0.29) is 5.91 Å². The highest BCUT2D eigenvalue weighted by Crippen LogP contribution is 2.32. The maximum atomic E-state index is 12.4. The van der Waals surface area contributed by atoms with Crippen molar-refractivity contribution in [1.29, 1.82) is 0 Å². The van der Waals surface area contributed by atoms with E-state index in [2.05, 4.69) is 10.2 Å². The van der Waals surface area contributed by atoms with Crippen LogP contribution in [0.2, 0.25) is 0 Å². The summed E-state index contributed by atoms with van der Waals surface area (Å²) in [4.78, 5) is 29.3. The molecule has 0 fully saturated rings. The Labute approximate surface area is 129 Å². The molecule has 0 spiro atoms. The third-order valence-electron chi connectivity index (χ3n) is 3.71. The number of aryl methyl sites for hydroxylation is 1. The fourth-order valence-corrected chi connectivity index (χ4v) is 3.88. The van der Waals surface area contributed by atoms with E-state index in [1.165, 1.54) is 0 Å². The van der Waals surface area contributed by atoms with Crippen LogP contribution in [0.1, 0.15) is 32.1 Å². The number of rotatable bonds is 6. The summed E-state index contributed by atoms with van der Waals surface area (Å²) in [6.45, 7) is 4.99. The third kappa shape index (κ3) is 3.83. The van der Waals surface area contributed by atoms with Crippen molar-refractivity contribution in [3.05, 3.63) is 20.9 Å². The number of fused-ring (bicyclic) bond motifs is 1. The van der Waals surface area contributed by atoms with Crippen LogP contribution in [-0.2, 0) is 17.8 Å². The van der Waals surface area contributed by atoms with Crippen molar-refractivity contribution in [3.63, 3.8) is 0 Å². The van der Waals surface area contributed by atoms with E-state index >= 15 is 0 Å². The van der Waals surface area contributed by atoms with Gasteiger partial charge in [0.15, 0.2) is 0 Å². The molecule has 0 atom stereocenters. The van der Waals surface area contributed by atoms with Gasteiger partial charge < -0.3 is 15.1 Å². The number of nitrogens with zero attached hydrogens (tertiary/aromatic N) is 2. The van der Waals surface area contributed by atoms with Gasteiger partial charge in [0.25, 0.3) is 5.91 Å². The third-order valence-corrected chi connectivity index (χ3v) is 4.84. The molecule has 0 radical (unpaired) electrons. The van der Waals surface area contributed by atoms with Crippen LogP contribution in [0.15, 0.2) is 0 Å². The predicted molar refractivity (Wildman–Crippen MR) is 84.7 cm³/mol. The lowest BCUT2D eigenvalue weighted by molar-refractivity contribution is -0.118. The first-order valence-electron chi connectivity index (χ1n) is 7.26. The fraction of sp³-hybridized carbons (Fsp3) is 0.600. The quantitative estimate of drug-likeness (QED) is 0.636. The van der Waals surface area contributed by atoms with Gasteiger partial charge in [-0.15, -0.1) is 11.3 Å². The summed E-state index contributed by atoms with van der Waals surface area (Å²) in [5.41, 5.74) is 1.98. The Hall–Kier alpha value is -1.40. The fourth-order valence-electron chi connectivity index (χ4n) is 2.63. The van der Waals surface area contributed by atoms with E-state index in [1.54, 1.807) is 16.2 Å². The molecule has 0 bridgehead atoms. The minimum absolute atomic E-state index is 0.0308. The highest BCUT2D eigenvalue weighted by molar-refractivity contribution is 7.12. The van der Waals surface area contributed by atoms with E-state index in [9.17, 15) is 9.59 Å². The number of thiophene rings is 1. The molecular weight excluding hydrogens is 286 g/mol. The molecule has 0 unspecified atom stereocenters. The van der Waals surface area contributed by atoms with Gasteiger partial charge in [-0.2, -0.15) is 0 Å². The summed E-state index contributed by atoms with van der Waals surface area (Å²) in [7, 11) is 4.06. The summed E-state index contributed by atoms with van der Waals surface area (Å²) in [6.07, 6.45) is 2.61. The van der Waals surface area contributed by atoms with Crippen LogP contribution < -0.4 is 5.32 Å². The van der Waals surface area contributed by atoms with E-state index < -0.39 is 0 Å². The molecule has 116 valence electrons. The van der Waals surface area contributed by atoms with Crippen LogP contribution in [0.25, 0.3) is 0 Å². The van der Waals surface area contributed by atoms with Gasteiger partial charge in [-0.3, -0.25) is 9.59 Å². The molecule has 0 saturated carbocycles. The van der Waals surface area contributed by atoms with Gasteiger partial charge in [0.05, 0.1) is 12.1 Å². The van der Waals surface area contributed by atoms with E-state index in [4.69, 9.17) is 0 Å². The van der Waals surface area contributed by atoms with E-state index in [0.29, 0.717) is 19.6 Å². The zero-order chi connectivity index (χ0) is 15.4. The number of amides is 2. The Morgan fingerprint density at radius 1 is 1.48 bits per heavy atom. The second kappa shape index (κ2) is 7.04. The van der Waals surface area contributed by atoms with E-state index in [1.807, 2.05) is 21.0 Å². The van der Waals surface area contributed by atoms with Crippen LogP contribution in [-0.4, -0.2) is 55.8 Å². The van der Waals surface area contributed by atoms with Crippen molar-refractivity contribution in [2.75, 3.05) is 33.7 Å². The summed E-state index contributed by atoms with van der Waals surface area (Å²) in [5, 5.41) is 3.01. The minimum atomic E-state index is 0.0308. The Kier molecular flexibility index (Phi) is 5.36. The van der Waals surface area contributed by atoms with Crippen LogP contribution in [0.3, 0.4) is 0 Å². The molecule has 0 aromatic carbocycles. The lowest BCUT2D eigenvalue weighted by Crippen LogP contribution is -2.31. The monoisotopic (exact) mass is 309 g/mol. The van der Waals surface area contributed by atoms with Crippen molar-refractivity contribution in [1.82, 2.24) is 15.1 Å². The molecule has 1 aromatic rings. The Morgan fingerprint density at radius 2 is 2.24 bits per heavy atom. The summed E-state index contributed by atoms with van der Waals surface area (Å²) in [5.74, 6) is 0.0308. The van der Waals surface area contributed by atoms with Gasteiger partial charge >= 0.3 is 0 Å². The molecule has 5 nitrogen and oxygen atoms in total. The molecule has 2 amide bonds. The second-order valence-electron chi connectivity index (χ2n) is 5.67. The van der Waals surface area contributed by atoms with Crippen molar-refractivity contribution in [3.8, 4) is 0 Å². The number of carbonyl (C=O) groups excluding carboxylic acids is 2. The Bertz CT molecular complexity index is 525. The normalized spacial score (nSPS) is 14.2. The number of nitrogens with one attached hydrogen (secondary N) is 1. The van der Waals surface area contributed by atoms with Gasteiger partial charge in [-0.1, -0.05) is 0 Å². The number of hydrogen-bond acceptors (Lipinski definition) is 4. The maximum absolute atomic E-state index is 12.4. The number of hydrogen-bond donors (Lipinski definition) is 1. The highest BCUT2D eigenvalue weighted by atomic mass is 32.1. The molecule has 21 heavy (non-hydrogen) atoms. The molecule has 6 heteroatoms. The van der Waals surface area contributed by atoms with E-state index in [0.717, 1.165) is 46.7 Å². The molecule has 1 aliphatic heterocycles. The first-order valence-corrected chi connectivity index (χ1v) is 8.08. The molecule has 0 saturated heterocycles. The van der Waals surface area contributed by atoms with Gasteiger partial charge in [-0.05, 0) is 46.0 Å². The zero-order valence-electron chi connectivity index (χ0n) is 12.9. The average molecular weight is 309 g/mol. The topological polar surface area (TPSA) is 52.7 Å². The Balaban J connectivity index is 2.02. The SMILES string of the molecule is Cc1sc2c(c1C(=O)NCCCN(C)C)CCN(C=O)C2. The van der Waals surface area contributed by atoms with Crippen molar-refractivity contribution < 1.29 is 9.59 Å². The lowest BCUT2D eigenvalue weighted by Gasteiger charge is -2.23. The van der Waals surface area contributed by atoms with Gasteiger partial charge in [-0.25, -0.2) is 0 Å². The highest BCUT2D eigenvalue weighted by Gasteiger charge is 2.25. The summed E-state index contributed by atoms with van der Waals surface area (Å²) >= 11 is 1.64. The molecular formula is C15H23N3O2S. The predicted octanol–water partition coefficient (Wildman–Crippen LogP) is 1.25. The summed E-state index contributed by atoms with van der Waals surface area (Å²) in [6, 6.07) is 0. The first kappa shape index (κ1) is 16.0. The zero-order valence-corrected chi connectivity index (χ0v) is 13.8. The largest absolute Gasteiger partial charge is 0.352 e. The molecule has 2 heterocycles. The van der Waals surface area contributed by atoms with Gasteiger partial charge in [0.1, 0.15) is 0 Å². The van der Waals surface area contributed by atoms with Crippen molar-refractivity contribution >= 4 is 23.7 Å². The van der Waals surface area contributed by atoms with Crippen molar-refractivity contribution in [2.24, 2.45) is 0 Å². The van der Waals surface area contributed by atoms with Crippen LogP contribution in [0.5, 0.6) is 0 Å². The lowest BCUT2D eigenvalue weighted by atomic mass is 10.0. The molecule has 1 N–H and O–H groups in total. The minimum Gasteiger partial charge on any atom is -0.352 e. The standard InChI is InChI=1S/C15H23N3O2S/c1-11-14(15(20)16-6-4-7-17(2)3)12-5-8-18(10-19)9-13(12)21-11/h10H,4-9H2,1-3H3,(H,16,20). The van der Waals surface area contributed by atoms with Crippen LogP contribution >= 0.6 is 11.3 Å². The smallest absolute Gasteiger partial charge is 0.252 e. The van der Waals surface area contributed by atoms with Gasteiger partial charge in [0.2, 0.25) is 6.41 Å². The molecule has 0 aliphatic carbocycles. The maximum Gasteiger partial charge on any atom is 0.252 e. The van der Waals surface area contributed by atoms with Crippen molar-refractivity contribution in [2.45, 2.75) is 26.3 Å². The molecule has 1 aliphatic rings. The average Bonchev–Trinajstić information content (AvgIpc) is 2.77. The second-order valence-corrected chi connectivity index (χ2v) is 6.98. The Morgan fingerprint density at radius 3 is 2.90 bits per heavy atom. The number of carbonyl (C=O) groups is 2. The van der Waals surface area contributed by atoms with Crippen LogP contribution in [0.4, 0.5) is 0 Å².